The minimum Gasteiger partial charge on any atom is -0.302 e. The number of hydrogen-bond acceptors (Lipinski definition) is 4. The van der Waals surface area contributed by atoms with Crippen molar-refractivity contribution >= 4 is 5.84 Å². The van der Waals surface area contributed by atoms with Crippen molar-refractivity contribution in [1.29, 1.82) is 10.9 Å². The molecule has 0 spiro atoms. The Morgan fingerprint density at radius 1 is 1.38 bits per heavy atom. The predicted octanol–water partition coefficient (Wildman–Crippen LogP) is 1.70. The van der Waals surface area contributed by atoms with Crippen molar-refractivity contribution in [1.82, 2.24) is 10.3 Å². The molecular formula is C10H12FN5. The van der Waals surface area contributed by atoms with E-state index in [1.54, 1.807) is 12.1 Å². The third-order valence-electron chi connectivity index (χ3n) is 2.55. The maximum Gasteiger partial charge on any atom is 0.140 e. The van der Waals surface area contributed by atoms with Crippen LogP contribution in [-0.4, -0.2) is 23.9 Å². The summed E-state index contributed by atoms with van der Waals surface area (Å²) in [6.07, 6.45) is 0. The maximum atomic E-state index is 12.8. The fourth-order valence-electron chi connectivity index (χ4n) is 1.72. The number of rotatable bonds is 2. The molecule has 0 radical (unpaired) electrons. The highest BCUT2D eigenvalue weighted by molar-refractivity contribution is 5.86. The third-order valence-corrected chi connectivity index (χ3v) is 2.55. The zero-order chi connectivity index (χ0) is 11.5. The molecule has 0 aliphatic carbocycles. The second-order valence-corrected chi connectivity index (χ2v) is 3.55. The van der Waals surface area contributed by atoms with Crippen molar-refractivity contribution in [2.75, 3.05) is 13.1 Å². The number of nitrogens with one attached hydrogen (secondary N) is 3. The SMILES string of the molecule is N=NN1CCNC(c2ccc(F)cc2)C1=N. The smallest absolute Gasteiger partial charge is 0.140 e. The first-order valence-electron chi connectivity index (χ1n) is 4.94. The van der Waals surface area contributed by atoms with Gasteiger partial charge in [-0.3, -0.25) is 5.41 Å². The Bertz CT molecular complexity index is 402. The zero-order valence-corrected chi connectivity index (χ0v) is 8.57. The Morgan fingerprint density at radius 2 is 2.06 bits per heavy atom. The molecule has 84 valence electrons. The van der Waals surface area contributed by atoms with Crippen LogP contribution in [0.25, 0.3) is 0 Å². The van der Waals surface area contributed by atoms with Gasteiger partial charge in [-0.1, -0.05) is 17.4 Å². The Hall–Kier alpha value is -1.82. The summed E-state index contributed by atoms with van der Waals surface area (Å²) in [7, 11) is 0. The summed E-state index contributed by atoms with van der Waals surface area (Å²) < 4.78 is 12.8. The van der Waals surface area contributed by atoms with Crippen LogP contribution >= 0.6 is 0 Å². The number of amidine groups is 1. The predicted molar refractivity (Wildman–Crippen MR) is 56.7 cm³/mol. The molecule has 0 aromatic heterocycles. The first-order chi connectivity index (χ1) is 7.72. The molecule has 3 N–H and O–H groups in total. The monoisotopic (exact) mass is 221 g/mol. The fraction of sp³-hybridized carbons (Fsp3) is 0.300. The van der Waals surface area contributed by atoms with E-state index in [2.05, 4.69) is 10.5 Å². The number of nitrogens with zero attached hydrogens (tertiary/aromatic N) is 2. The molecule has 6 heteroatoms. The van der Waals surface area contributed by atoms with Gasteiger partial charge >= 0.3 is 0 Å². The van der Waals surface area contributed by atoms with E-state index < -0.39 is 0 Å². The van der Waals surface area contributed by atoms with Gasteiger partial charge in [0.15, 0.2) is 0 Å². The molecule has 5 nitrogen and oxygen atoms in total. The molecule has 16 heavy (non-hydrogen) atoms. The summed E-state index contributed by atoms with van der Waals surface area (Å²) in [5, 5.41) is 15.6. The topological polar surface area (TPSA) is 75.3 Å². The van der Waals surface area contributed by atoms with Crippen molar-refractivity contribution < 1.29 is 4.39 Å². The first-order valence-corrected chi connectivity index (χ1v) is 4.94. The largest absolute Gasteiger partial charge is 0.302 e. The molecule has 2 rings (SSSR count). The molecule has 1 saturated heterocycles. The van der Waals surface area contributed by atoms with Gasteiger partial charge in [-0.25, -0.2) is 9.40 Å². The average Bonchev–Trinajstić information content (AvgIpc) is 2.31. The van der Waals surface area contributed by atoms with Crippen LogP contribution in [0.4, 0.5) is 4.39 Å². The van der Waals surface area contributed by atoms with Crippen LogP contribution < -0.4 is 5.32 Å². The Morgan fingerprint density at radius 3 is 2.69 bits per heavy atom. The molecule has 1 aliphatic rings. The lowest BCUT2D eigenvalue weighted by molar-refractivity contribution is 0.337. The quantitative estimate of drug-likeness (QED) is 0.665. The van der Waals surface area contributed by atoms with Crippen molar-refractivity contribution in [3.8, 4) is 0 Å². The van der Waals surface area contributed by atoms with Crippen LogP contribution in [-0.2, 0) is 0 Å². The van der Waals surface area contributed by atoms with E-state index in [0.717, 1.165) is 5.56 Å². The molecular weight excluding hydrogens is 209 g/mol. The zero-order valence-electron chi connectivity index (χ0n) is 8.57. The van der Waals surface area contributed by atoms with Crippen LogP contribution in [0.2, 0.25) is 0 Å². The van der Waals surface area contributed by atoms with E-state index in [-0.39, 0.29) is 17.7 Å². The standard InChI is InChI=1S/C10H12FN5/c11-8-3-1-7(2-4-8)9-10(12)16(15-13)6-5-14-9/h1-4,9,12-14H,5-6H2. The summed E-state index contributed by atoms with van der Waals surface area (Å²) in [6.45, 7) is 1.16. The van der Waals surface area contributed by atoms with Crippen LogP contribution in [0, 0.1) is 16.8 Å². The van der Waals surface area contributed by atoms with E-state index in [1.807, 2.05) is 0 Å². The molecule has 1 atom stereocenters. The number of halogens is 1. The average molecular weight is 221 g/mol. The van der Waals surface area contributed by atoms with Gasteiger partial charge in [0.25, 0.3) is 0 Å². The van der Waals surface area contributed by atoms with Gasteiger partial charge < -0.3 is 5.32 Å². The molecule has 0 amide bonds. The minimum atomic E-state index is -0.316. The van der Waals surface area contributed by atoms with E-state index >= 15 is 0 Å². The van der Waals surface area contributed by atoms with Crippen LogP contribution in [0.1, 0.15) is 11.6 Å². The van der Waals surface area contributed by atoms with Gasteiger partial charge in [-0.15, -0.1) is 0 Å². The highest BCUT2D eigenvalue weighted by Crippen LogP contribution is 2.19. The molecule has 0 saturated carbocycles. The lowest BCUT2D eigenvalue weighted by Crippen LogP contribution is -2.47. The molecule has 1 fully saturated rings. The van der Waals surface area contributed by atoms with Crippen LogP contribution in [0.5, 0.6) is 0 Å². The second-order valence-electron chi connectivity index (χ2n) is 3.55. The summed E-state index contributed by atoms with van der Waals surface area (Å²) in [5.74, 6) is -0.0824. The van der Waals surface area contributed by atoms with Gasteiger partial charge in [0, 0.05) is 6.54 Å². The first kappa shape index (κ1) is 10.7. The van der Waals surface area contributed by atoms with Gasteiger partial charge in [0.1, 0.15) is 11.7 Å². The van der Waals surface area contributed by atoms with E-state index in [9.17, 15) is 4.39 Å². The van der Waals surface area contributed by atoms with Gasteiger partial charge in [0.2, 0.25) is 0 Å². The molecule has 1 unspecified atom stereocenters. The minimum absolute atomic E-state index is 0.216. The van der Waals surface area contributed by atoms with Crippen molar-refractivity contribution in [2.24, 2.45) is 5.22 Å². The number of hydrogen-bond donors (Lipinski definition) is 3. The summed E-state index contributed by atoms with van der Waals surface area (Å²) in [5.41, 5.74) is 7.74. The molecule has 0 bridgehead atoms. The summed E-state index contributed by atoms with van der Waals surface area (Å²) in [4.78, 5) is 0. The Kier molecular flexibility index (Phi) is 2.91. The molecule has 1 aromatic carbocycles. The maximum absolute atomic E-state index is 12.8. The summed E-state index contributed by atoms with van der Waals surface area (Å²) in [6, 6.07) is 5.68. The normalized spacial score (nSPS) is 20.9. The van der Waals surface area contributed by atoms with Gasteiger partial charge in [-0.2, -0.15) is 5.53 Å². The van der Waals surface area contributed by atoms with Crippen molar-refractivity contribution in [2.45, 2.75) is 6.04 Å². The molecule has 1 aromatic rings. The lowest BCUT2D eigenvalue weighted by Gasteiger charge is -2.31. The van der Waals surface area contributed by atoms with Crippen LogP contribution in [0.15, 0.2) is 29.5 Å². The highest BCUT2D eigenvalue weighted by Gasteiger charge is 2.26. The van der Waals surface area contributed by atoms with Crippen LogP contribution in [0.3, 0.4) is 0 Å². The van der Waals surface area contributed by atoms with E-state index in [0.29, 0.717) is 13.1 Å². The van der Waals surface area contributed by atoms with Crippen molar-refractivity contribution in [3.05, 3.63) is 35.6 Å². The Balaban J connectivity index is 2.23. The Labute approximate surface area is 92.3 Å². The van der Waals surface area contributed by atoms with Gasteiger partial charge in [-0.05, 0) is 17.7 Å². The summed E-state index contributed by atoms with van der Waals surface area (Å²) >= 11 is 0. The lowest BCUT2D eigenvalue weighted by atomic mass is 10.0. The number of piperazine rings is 1. The number of benzene rings is 1. The van der Waals surface area contributed by atoms with Gasteiger partial charge in [0.05, 0.1) is 12.6 Å². The third kappa shape index (κ3) is 1.92. The molecule has 1 aliphatic heterocycles. The van der Waals surface area contributed by atoms with E-state index in [4.69, 9.17) is 10.9 Å². The van der Waals surface area contributed by atoms with Crippen molar-refractivity contribution in [3.63, 3.8) is 0 Å². The fourth-order valence-corrected chi connectivity index (χ4v) is 1.72. The molecule has 1 heterocycles. The highest BCUT2D eigenvalue weighted by atomic mass is 19.1. The van der Waals surface area contributed by atoms with E-state index in [1.165, 1.54) is 17.1 Å². The second kappa shape index (κ2) is 4.36.